The lowest BCUT2D eigenvalue weighted by Crippen LogP contribution is -2.30. The Balaban J connectivity index is 1.75. The summed E-state index contributed by atoms with van der Waals surface area (Å²) in [5.41, 5.74) is 7.01. The number of rotatable bonds is 5. The number of furan rings is 1. The molecule has 1 aromatic heterocycles. The van der Waals surface area contributed by atoms with Crippen molar-refractivity contribution in [1.29, 1.82) is 0 Å². The van der Waals surface area contributed by atoms with Crippen LogP contribution in [0.1, 0.15) is 28.6 Å². The van der Waals surface area contributed by atoms with Crippen molar-refractivity contribution in [2.75, 3.05) is 13.3 Å². The number of fused-ring (bicyclic) bond motifs is 1. The third kappa shape index (κ3) is 2.78. The number of hydrogen-bond donors (Lipinski definition) is 1. The van der Waals surface area contributed by atoms with Crippen molar-refractivity contribution in [2.24, 2.45) is 5.73 Å². The Morgan fingerprint density at radius 3 is 2.82 bits per heavy atom. The monoisotopic (exact) mass is 302 g/mol. The van der Waals surface area contributed by atoms with Gasteiger partial charge in [0.2, 0.25) is 6.79 Å². The lowest BCUT2D eigenvalue weighted by molar-refractivity contribution is 0.0751. The minimum absolute atomic E-state index is 0.0800. The molecular weight excluding hydrogens is 284 g/mol. The van der Waals surface area contributed by atoms with Crippen LogP contribution in [0.15, 0.2) is 34.9 Å². The smallest absolute Gasteiger partial charge is 0.257 e. The van der Waals surface area contributed by atoms with Crippen molar-refractivity contribution in [2.45, 2.75) is 20.0 Å². The van der Waals surface area contributed by atoms with E-state index in [1.165, 1.54) is 6.26 Å². The molecule has 116 valence electrons. The summed E-state index contributed by atoms with van der Waals surface area (Å²) in [6, 6.07) is 7.38. The summed E-state index contributed by atoms with van der Waals surface area (Å²) in [5.74, 6) is 1.97. The van der Waals surface area contributed by atoms with E-state index in [1.54, 1.807) is 11.0 Å². The van der Waals surface area contributed by atoms with Crippen LogP contribution in [0, 0.1) is 0 Å². The Bertz CT molecular complexity index is 681. The largest absolute Gasteiger partial charge is 0.467 e. The third-order valence-corrected chi connectivity index (χ3v) is 3.58. The fourth-order valence-corrected chi connectivity index (χ4v) is 2.37. The standard InChI is InChI=1S/C16H18N2O4/c1-2-18(16(19)12-6-13(7-17)20-9-12)8-11-3-4-14-15(5-11)22-10-21-14/h3-6,9H,2,7-8,10,17H2,1H3. The highest BCUT2D eigenvalue weighted by atomic mass is 16.7. The molecule has 1 aromatic carbocycles. The van der Waals surface area contributed by atoms with E-state index in [4.69, 9.17) is 19.6 Å². The van der Waals surface area contributed by atoms with Crippen LogP contribution in [0.3, 0.4) is 0 Å². The summed E-state index contributed by atoms with van der Waals surface area (Å²) in [5, 5.41) is 0. The van der Waals surface area contributed by atoms with Crippen LogP contribution in [0.4, 0.5) is 0 Å². The summed E-state index contributed by atoms with van der Waals surface area (Å²) in [4.78, 5) is 14.3. The molecule has 2 aromatic rings. The molecule has 0 atom stereocenters. The van der Waals surface area contributed by atoms with Crippen molar-refractivity contribution in [3.05, 3.63) is 47.4 Å². The number of amides is 1. The molecule has 0 aliphatic carbocycles. The molecule has 0 spiro atoms. The van der Waals surface area contributed by atoms with Crippen molar-refractivity contribution in [3.63, 3.8) is 0 Å². The zero-order valence-electron chi connectivity index (χ0n) is 12.4. The van der Waals surface area contributed by atoms with E-state index in [0.29, 0.717) is 24.4 Å². The van der Waals surface area contributed by atoms with Gasteiger partial charge in [-0.15, -0.1) is 0 Å². The minimum Gasteiger partial charge on any atom is -0.467 e. The fourth-order valence-electron chi connectivity index (χ4n) is 2.37. The van der Waals surface area contributed by atoms with Crippen LogP contribution < -0.4 is 15.2 Å². The Morgan fingerprint density at radius 2 is 2.09 bits per heavy atom. The molecule has 1 amide bonds. The third-order valence-electron chi connectivity index (χ3n) is 3.58. The molecular formula is C16H18N2O4. The number of nitrogens with two attached hydrogens (primary N) is 1. The Hall–Kier alpha value is -2.47. The summed E-state index contributed by atoms with van der Waals surface area (Å²) < 4.78 is 15.9. The molecule has 3 rings (SSSR count). The van der Waals surface area contributed by atoms with Gasteiger partial charge in [-0.25, -0.2) is 0 Å². The first-order chi connectivity index (χ1) is 10.7. The molecule has 1 aliphatic heterocycles. The Labute approximate surface area is 128 Å². The number of ether oxygens (including phenoxy) is 2. The quantitative estimate of drug-likeness (QED) is 0.915. The van der Waals surface area contributed by atoms with E-state index in [0.717, 1.165) is 17.1 Å². The SMILES string of the molecule is CCN(Cc1ccc2c(c1)OCO2)C(=O)c1coc(CN)c1. The Kier molecular flexibility index (Phi) is 4.02. The van der Waals surface area contributed by atoms with Crippen LogP contribution in [-0.2, 0) is 13.1 Å². The number of hydrogen-bond acceptors (Lipinski definition) is 5. The van der Waals surface area contributed by atoms with Gasteiger partial charge in [-0.05, 0) is 30.7 Å². The van der Waals surface area contributed by atoms with Gasteiger partial charge in [0.05, 0.1) is 12.1 Å². The van der Waals surface area contributed by atoms with Crippen molar-refractivity contribution >= 4 is 5.91 Å². The molecule has 0 radical (unpaired) electrons. The maximum atomic E-state index is 12.5. The molecule has 6 nitrogen and oxygen atoms in total. The second kappa shape index (κ2) is 6.11. The number of benzene rings is 1. The molecule has 22 heavy (non-hydrogen) atoms. The molecule has 2 N–H and O–H groups in total. The van der Waals surface area contributed by atoms with Crippen LogP contribution in [0.25, 0.3) is 0 Å². The average Bonchev–Trinajstić information content (AvgIpc) is 3.20. The maximum Gasteiger partial charge on any atom is 0.257 e. The van der Waals surface area contributed by atoms with E-state index in [-0.39, 0.29) is 19.2 Å². The van der Waals surface area contributed by atoms with E-state index >= 15 is 0 Å². The predicted molar refractivity (Wildman–Crippen MR) is 79.6 cm³/mol. The van der Waals surface area contributed by atoms with Crippen LogP contribution in [0.5, 0.6) is 11.5 Å². The average molecular weight is 302 g/mol. The van der Waals surface area contributed by atoms with Gasteiger partial charge in [-0.3, -0.25) is 4.79 Å². The zero-order chi connectivity index (χ0) is 15.5. The first-order valence-electron chi connectivity index (χ1n) is 7.16. The highest BCUT2D eigenvalue weighted by Crippen LogP contribution is 2.32. The molecule has 2 heterocycles. The highest BCUT2D eigenvalue weighted by molar-refractivity contribution is 5.94. The minimum atomic E-state index is -0.0800. The maximum absolute atomic E-state index is 12.5. The molecule has 0 fully saturated rings. The van der Waals surface area contributed by atoms with Gasteiger partial charge in [-0.2, -0.15) is 0 Å². The molecule has 1 aliphatic rings. The second-order valence-electron chi connectivity index (χ2n) is 5.01. The van der Waals surface area contributed by atoms with E-state index in [9.17, 15) is 4.79 Å². The highest BCUT2D eigenvalue weighted by Gasteiger charge is 2.19. The van der Waals surface area contributed by atoms with Crippen molar-refractivity contribution in [1.82, 2.24) is 4.90 Å². The molecule has 6 heteroatoms. The summed E-state index contributed by atoms with van der Waals surface area (Å²) in [7, 11) is 0. The van der Waals surface area contributed by atoms with Crippen LogP contribution >= 0.6 is 0 Å². The van der Waals surface area contributed by atoms with Crippen LogP contribution in [-0.4, -0.2) is 24.1 Å². The van der Waals surface area contributed by atoms with Gasteiger partial charge in [0.25, 0.3) is 5.91 Å². The topological polar surface area (TPSA) is 77.9 Å². The van der Waals surface area contributed by atoms with Gasteiger partial charge in [0, 0.05) is 13.1 Å². The first kappa shape index (κ1) is 14.5. The number of carbonyl (C=O) groups is 1. The fraction of sp³-hybridized carbons (Fsp3) is 0.312. The first-order valence-corrected chi connectivity index (χ1v) is 7.16. The van der Waals surface area contributed by atoms with Gasteiger partial charge >= 0.3 is 0 Å². The second-order valence-corrected chi connectivity index (χ2v) is 5.01. The van der Waals surface area contributed by atoms with E-state index in [1.807, 2.05) is 25.1 Å². The van der Waals surface area contributed by atoms with E-state index in [2.05, 4.69) is 0 Å². The van der Waals surface area contributed by atoms with Gasteiger partial charge in [0.1, 0.15) is 12.0 Å². The Morgan fingerprint density at radius 1 is 1.27 bits per heavy atom. The molecule has 0 saturated heterocycles. The van der Waals surface area contributed by atoms with Crippen molar-refractivity contribution < 1.29 is 18.7 Å². The lowest BCUT2D eigenvalue weighted by atomic mass is 10.1. The normalized spacial score (nSPS) is 12.5. The lowest BCUT2D eigenvalue weighted by Gasteiger charge is -2.20. The summed E-state index contributed by atoms with van der Waals surface area (Å²) in [6.45, 7) is 3.55. The predicted octanol–water partition coefficient (Wildman–Crippen LogP) is 2.13. The zero-order valence-corrected chi connectivity index (χ0v) is 12.4. The number of nitrogens with zero attached hydrogens (tertiary/aromatic N) is 1. The van der Waals surface area contributed by atoms with Gasteiger partial charge < -0.3 is 24.5 Å². The van der Waals surface area contributed by atoms with Crippen molar-refractivity contribution in [3.8, 4) is 11.5 Å². The van der Waals surface area contributed by atoms with Crippen LogP contribution in [0.2, 0.25) is 0 Å². The molecule has 0 saturated carbocycles. The van der Waals surface area contributed by atoms with Gasteiger partial charge in [-0.1, -0.05) is 6.07 Å². The molecule has 0 bridgehead atoms. The number of carbonyl (C=O) groups excluding carboxylic acids is 1. The summed E-state index contributed by atoms with van der Waals surface area (Å²) in [6.07, 6.45) is 1.45. The summed E-state index contributed by atoms with van der Waals surface area (Å²) >= 11 is 0. The van der Waals surface area contributed by atoms with Gasteiger partial charge in [0.15, 0.2) is 11.5 Å². The van der Waals surface area contributed by atoms with E-state index < -0.39 is 0 Å². The molecule has 0 unspecified atom stereocenters.